The summed E-state index contributed by atoms with van der Waals surface area (Å²) in [5.74, 6) is 0.511. The molecule has 1 aromatic heterocycles. The molecule has 3 N–H and O–H groups in total. The molecule has 0 aliphatic carbocycles. The van der Waals surface area contributed by atoms with Crippen LogP contribution in [0.4, 0.5) is 5.69 Å². The zero-order chi connectivity index (χ0) is 15.2. The van der Waals surface area contributed by atoms with E-state index in [-0.39, 0.29) is 11.2 Å². The Morgan fingerprint density at radius 1 is 1.10 bits per heavy atom. The number of nitrogen functional groups attached to an aromatic ring is 1. The molecule has 2 aromatic carbocycles. The van der Waals surface area contributed by atoms with Crippen LogP contribution in [0.1, 0.15) is 26.3 Å². The molecule has 0 aliphatic rings. The van der Waals surface area contributed by atoms with Gasteiger partial charge >= 0.3 is 0 Å². The Kier molecular flexibility index (Phi) is 2.90. The van der Waals surface area contributed by atoms with E-state index in [1.165, 1.54) is 5.56 Å². The van der Waals surface area contributed by atoms with Gasteiger partial charge in [0.25, 0.3) is 0 Å². The Morgan fingerprint density at radius 2 is 1.86 bits per heavy atom. The fourth-order valence-corrected chi connectivity index (χ4v) is 2.19. The lowest BCUT2D eigenvalue weighted by Gasteiger charge is -2.18. The first-order valence-corrected chi connectivity index (χ1v) is 6.84. The molecule has 0 bridgehead atoms. The average molecular weight is 282 g/mol. The lowest BCUT2D eigenvalue weighted by molar-refractivity contribution is 0.478. The molecule has 0 spiro atoms. The summed E-state index contributed by atoms with van der Waals surface area (Å²) in [6.07, 6.45) is 0. The van der Waals surface area contributed by atoms with Gasteiger partial charge in [0.2, 0.25) is 5.89 Å². The minimum absolute atomic E-state index is 0.0325. The van der Waals surface area contributed by atoms with E-state index in [9.17, 15) is 5.11 Å². The molecule has 0 atom stereocenters. The van der Waals surface area contributed by atoms with Crippen molar-refractivity contribution in [3.05, 3.63) is 42.0 Å². The number of hydrogen-bond donors (Lipinski definition) is 2. The standard InChI is InChI=1S/C17H18N2O2/c1-17(2,3)11-5-7-15-13(9-11)19-16(21-15)10-4-6-12(18)14(20)8-10/h4-9,20H,18H2,1-3H3. The third kappa shape index (κ3) is 2.44. The number of aromatic nitrogens is 1. The molecule has 4 nitrogen and oxygen atoms in total. The number of nitrogens with zero attached hydrogens (tertiary/aromatic N) is 1. The highest BCUT2D eigenvalue weighted by Crippen LogP contribution is 2.31. The Hall–Kier alpha value is -2.49. The average Bonchev–Trinajstić information content (AvgIpc) is 2.83. The molecule has 108 valence electrons. The van der Waals surface area contributed by atoms with E-state index in [1.807, 2.05) is 12.1 Å². The van der Waals surface area contributed by atoms with E-state index in [0.717, 1.165) is 11.1 Å². The van der Waals surface area contributed by atoms with Gasteiger partial charge in [-0.3, -0.25) is 0 Å². The Morgan fingerprint density at radius 3 is 2.52 bits per heavy atom. The van der Waals surface area contributed by atoms with Crippen molar-refractivity contribution in [2.45, 2.75) is 26.2 Å². The van der Waals surface area contributed by atoms with Crippen molar-refractivity contribution in [2.24, 2.45) is 0 Å². The van der Waals surface area contributed by atoms with E-state index < -0.39 is 0 Å². The number of rotatable bonds is 1. The summed E-state index contributed by atoms with van der Waals surface area (Å²) in [7, 11) is 0. The van der Waals surface area contributed by atoms with Crippen LogP contribution in [0.15, 0.2) is 40.8 Å². The minimum atomic E-state index is 0.0325. The minimum Gasteiger partial charge on any atom is -0.506 e. The van der Waals surface area contributed by atoms with Crippen molar-refractivity contribution in [2.75, 3.05) is 5.73 Å². The van der Waals surface area contributed by atoms with Crippen LogP contribution in [0.3, 0.4) is 0 Å². The predicted molar refractivity (Wildman–Crippen MR) is 84.2 cm³/mol. The zero-order valence-electron chi connectivity index (χ0n) is 12.3. The Labute approximate surface area is 123 Å². The molecule has 3 rings (SSSR count). The summed E-state index contributed by atoms with van der Waals surface area (Å²) in [6, 6.07) is 11.0. The molecular formula is C17H18N2O2. The summed E-state index contributed by atoms with van der Waals surface area (Å²) in [6.45, 7) is 6.48. The largest absolute Gasteiger partial charge is 0.506 e. The molecule has 0 fully saturated rings. The molecular weight excluding hydrogens is 264 g/mol. The number of nitrogens with two attached hydrogens (primary N) is 1. The highest BCUT2D eigenvalue weighted by molar-refractivity contribution is 5.78. The van der Waals surface area contributed by atoms with Crippen molar-refractivity contribution in [1.82, 2.24) is 4.98 Å². The second kappa shape index (κ2) is 4.52. The summed E-state index contributed by atoms with van der Waals surface area (Å²) < 4.78 is 5.75. The van der Waals surface area contributed by atoms with Gasteiger partial charge in [-0.25, -0.2) is 4.98 Å². The predicted octanol–water partition coefficient (Wildman–Crippen LogP) is 4.08. The molecule has 0 radical (unpaired) electrons. The van der Waals surface area contributed by atoms with Crippen molar-refractivity contribution in [3.63, 3.8) is 0 Å². The first kappa shape index (κ1) is 13.5. The second-order valence-corrected chi connectivity index (χ2v) is 6.23. The number of hydrogen-bond acceptors (Lipinski definition) is 4. The van der Waals surface area contributed by atoms with Crippen molar-refractivity contribution < 1.29 is 9.52 Å². The molecule has 1 heterocycles. The monoisotopic (exact) mass is 282 g/mol. The van der Waals surface area contributed by atoms with Crippen LogP contribution in [0.5, 0.6) is 5.75 Å². The smallest absolute Gasteiger partial charge is 0.227 e. The molecule has 0 amide bonds. The van der Waals surface area contributed by atoms with Gasteiger partial charge < -0.3 is 15.3 Å². The zero-order valence-corrected chi connectivity index (χ0v) is 12.3. The number of benzene rings is 2. The fourth-order valence-electron chi connectivity index (χ4n) is 2.19. The maximum atomic E-state index is 9.69. The molecule has 0 saturated heterocycles. The number of oxazole rings is 1. The van der Waals surface area contributed by atoms with Crippen LogP contribution in [0.25, 0.3) is 22.6 Å². The summed E-state index contributed by atoms with van der Waals surface area (Å²) in [5.41, 5.74) is 9.46. The number of aromatic hydroxyl groups is 1. The Bertz CT molecular complexity index is 813. The maximum Gasteiger partial charge on any atom is 0.227 e. The van der Waals surface area contributed by atoms with Gasteiger partial charge in [0.1, 0.15) is 11.3 Å². The summed E-state index contributed by atoms with van der Waals surface area (Å²) in [5, 5.41) is 9.69. The quantitative estimate of drug-likeness (QED) is 0.521. The van der Waals surface area contributed by atoms with Crippen molar-refractivity contribution in [1.29, 1.82) is 0 Å². The number of phenolic OH excluding ortho intramolecular Hbond substituents is 1. The molecule has 4 heteroatoms. The van der Waals surface area contributed by atoms with Crippen molar-refractivity contribution in [3.8, 4) is 17.2 Å². The van der Waals surface area contributed by atoms with Crippen LogP contribution in [-0.2, 0) is 5.41 Å². The van der Waals surface area contributed by atoms with Gasteiger partial charge in [-0.15, -0.1) is 0 Å². The molecule has 21 heavy (non-hydrogen) atoms. The van der Waals surface area contributed by atoms with E-state index in [2.05, 4.69) is 31.8 Å². The van der Waals surface area contributed by atoms with E-state index in [1.54, 1.807) is 18.2 Å². The van der Waals surface area contributed by atoms with Crippen LogP contribution in [-0.4, -0.2) is 10.1 Å². The molecule has 0 saturated carbocycles. The number of phenols is 1. The SMILES string of the molecule is CC(C)(C)c1ccc2oc(-c3ccc(N)c(O)c3)nc2c1. The third-order valence-corrected chi connectivity index (χ3v) is 3.53. The van der Waals surface area contributed by atoms with Crippen LogP contribution in [0.2, 0.25) is 0 Å². The summed E-state index contributed by atoms with van der Waals surface area (Å²) in [4.78, 5) is 4.51. The van der Waals surface area contributed by atoms with Gasteiger partial charge in [0.15, 0.2) is 5.58 Å². The van der Waals surface area contributed by atoms with E-state index in [4.69, 9.17) is 10.2 Å². The third-order valence-electron chi connectivity index (χ3n) is 3.53. The van der Waals surface area contributed by atoms with Crippen LogP contribution in [0, 0.1) is 0 Å². The highest BCUT2D eigenvalue weighted by atomic mass is 16.3. The normalized spacial score (nSPS) is 12.0. The van der Waals surface area contributed by atoms with Gasteiger partial charge in [0.05, 0.1) is 5.69 Å². The van der Waals surface area contributed by atoms with Crippen LogP contribution < -0.4 is 5.73 Å². The topological polar surface area (TPSA) is 72.3 Å². The van der Waals surface area contributed by atoms with Gasteiger partial charge in [-0.1, -0.05) is 26.8 Å². The number of anilines is 1. The van der Waals surface area contributed by atoms with Gasteiger partial charge in [-0.2, -0.15) is 0 Å². The molecule has 3 aromatic rings. The second-order valence-electron chi connectivity index (χ2n) is 6.23. The van der Waals surface area contributed by atoms with Crippen LogP contribution >= 0.6 is 0 Å². The lowest BCUT2D eigenvalue weighted by Crippen LogP contribution is -2.10. The van der Waals surface area contributed by atoms with Crippen molar-refractivity contribution >= 4 is 16.8 Å². The number of fused-ring (bicyclic) bond motifs is 1. The first-order chi connectivity index (χ1) is 9.84. The fraction of sp³-hybridized carbons (Fsp3) is 0.235. The lowest BCUT2D eigenvalue weighted by atomic mass is 9.87. The molecule has 0 aliphatic heterocycles. The summed E-state index contributed by atoms with van der Waals surface area (Å²) >= 11 is 0. The maximum absolute atomic E-state index is 9.69. The highest BCUT2D eigenvalue weighted by Gasteiger charge is 2.16. The van der Waals surface area contributed by atoms with E-state index >= 15 is 0 Å². The van der Waals surface area contributed by atoms with Gasteiger partial charge in [0, 0.05) is 5.56 Å². The first-order valence-electron chi connectivity index (χ1n) is 6.84. The van der Waals surface area contributed by atoms with Gasteiger partial charge in [-0.05, 0) is 41.3 Å². The van der Waals surface area contributed by atoms with E-state index in [0.29, 0.717) is 17.1 Å². The Balaban J connectivity index is 2.10. The molecule has 0 unspecified atom stereocenters.